The third-order valence-electron chi connectivity index (χ3n) is 7.36. The van der Waals surface area contributed by atoms with Gasteiger partial charge in [0.05, 0.1) is 13.2 Å². The van der Waals surface area contributed by atoms with Gasteiger partial charge in [0.25, 0.3) is 0 Å². The van der Waals surface area contributed by atoms with Crippen molar-refractivity contribution in [2.75, 3.05) is 19.8 Å². The Bertz CT molecular complexity index is 1030. The standard InChI is InChI=1S/C31H47NO7Si/c1-23(18-33)28(24(2)19-38-40(6,7)31(3,4)5)39-29(34)27(22-36-20-25-14-10-8-11-15-25)32-30(35)37-21-26-16-12-9-13-17-26/h8-17,23-24,27-28,33H,18-22H2,1-7H3,(H,32,35)/t23-,24-,27-,28+/m0/s1. The third kappa shape index (κ3) is 11.0. The molecule has 2 rings (SSSR count). The molecule has 8 nitrogen and oxygen atoms in total. The minimum atomic E-state index is -2.03. The average molecular weight is 574 g/mol. The van der Waals surface area contributed by atoms with Crippen LogP contribution in [-0.2, 0) is 36.6 Å². The summed E-state index contributed by atoms with van der Waals surface area (Å²) in [6.45, 7) is 15.0. The molecule has 0 fully saturated rings. The van der Waals surface area contributed by atoms with Gasteiger partial charge >= 0.3 is 12.1 Å². The second kappa shape index (κ2) is 15.9. The van der Waals surface area contributed by atoms with Gasteiger partial charge in [0.15, 0.2) is 14.4 Å². The first-order valence-corrected chi connectivity index (χ1v) is 16.8. The van der Waals surface area contributed by atoms with E-state index in [0.29, 0.717) is 6.61 Å². The number of amides is 1. The minimum Gasteiger partial charge on any atom is -0.460 e. The van der Waals surface area contributed by atoms with Crippen LogP contribution in [0.2, 0.25) is 18.1 Å². The normalized spacial score (nSPS) is 15.0. The van der Waals surface area contributed by atoms with Crippen LogP contribution in [0, 0.1) is 11.8 Å². The van der Waals surface area contributed by atoms with Gasteiger partial charge < -0.3 is 29.1 Å². The van der Waals surface area contributed by atoms with Gasteiger partial charge in [-0.1, -0.05) is 95.3 Å². The number of benzene rings is 2. The largest absolute Gasteiger partial charge is 0.460 e. The summed E-state index contributed by atoms with van der Waals surface area (Å²) in [5, 5.41) is 12.6. The van der Waals surface area contributed by atoms with Gasteiger partial charge in [-0.3, -0.25) is 0 Å². The number of aliphatic hydroxyl groups is 1. The molecule has 9 heteroatoms. The Labute approximate surface area is 240 Å². The van der Waals surface area contributed by atoms with Crippen LogP contribution in [0.1, 0.15) is 45.7 Å². The lowest BCUT2D eigenvalue weighted by atomic mass is 9.94. The zero-order valence-electron chi connectivity index (χ0n) is 25.0. The number of hydrogen-bond acceptors (Lipinski definition) is 7. The number of aliphatic hydroxyl groups excluding tert-OH is 1. The maximum Gasteiger partial charge on any atom is 0.408 e. The molecule has 0 aliphatic carbocycles. The average Bonchev–Trinajstić information content (AvgIpc) is 2.93. The lowest BCUT2D eigenvalue weighted by Gasteiger charge is -2.38. The Balaban J connectivity index is 2.10. The monoisotopic (exact) mass is 573 g/mol. The first-order chi connectivity index (χ1) is 18.8. The van der Waals surface area contributed by atoms with Crippen LogP contribution in [0.5, 0.6) is 0 Å². The fourth-order valence-corrected chi connectivity index (χ4v) is 4.82. The molecular formula is C31H47NO7Si. The molecule has 222 valence electrons. The molecule has 0 aliphatic rings. The highest BCUT2D eigenvalue weighted by atomic mass is 28.4. The van der Waals surface area contributed by atoms with Gasteiger partial charge in [-0.05, 0) is 29.3 Å². The van der Waals surface area contributed by atoms with E-state index in [9.17, 15) is 14.7 Å². The van der Waals surface area contributed by atoms with Crippen molar-refractivity contribution in [2.45, 2.75) is 78.1 Å². The third-order valence-corrected chi connectivity index (χ3v) is 11.9. The first kappa shape index (κ1) is 33.5. The van der Waals surface area contributed by atoms with Crippen molar-refractivity contribution in [1.29, 1.82) is 0 Å². The quantitative estimate of drug-likeness (QED) is 0.208. The Kier molecular flexibility index (Phi) is 13.3. The highest BCUT2D eigenvalue weighted by Gasteiger charge is 2.39. The number of ether oxygens (including phenoxy) is 3. The molecule has 0 aromatic heterocycles. The van der Waals surface area contributed by atoms with Gasteiger partial charge in [-0.15, -0.1) is 0 Å². The molecule has 4 atom stereocenters. The predicted molar refractivity (Wildman–Crippen MR) is 158 cm³/mol. The lowest BCUT2D eigenvalue weighted by molar-refractivity contribution is -0.160. The van der Waals surface area contributed by atoms with E-state index in [0.717, 1.165) is 11.1 Å². The molecule has 2 N–H and O–H groups in total. The summed E-state index contributed by atoms with van der Waals surface area (Å²) in [6.07, 6.45) is -1.38. The molecule has 40 heavy (non-hydrogen) atoms. The van der Waals surface area contributed by atoms with Gasteiger partial charge in [0.1, 0.15) is 12.7 Å². The van der Waals surface area contributed by atoms with E-state index in [4.69, 9.17) is 18.6 Å². The second-order valence-electron chi connectivity index (χ2n) is 11.9. The zero-order chi connectivity index (χ0) is 29.8. The number of hydrogen-bond donors (Lipinski definition) is 2. The Hall–Kier alpha value is -2.72. The summed E-state index contributed by atoms with van der Waals surface area (Å²) in [7, 11) is -2.03. The van der Waals surface area contributed by atoms with Crippen LogP contribution in [-0.4, -0.2) is 57.5 Å². The molecule has 1 amide bonds. The van der Waals surface area contributed by atoms with Gasteiger partial charge in [0, 0.05) is 25.0 Å². The van der Waals surface area contributed by atoms with E-state index in [2.05, 4.69) is 39.2 Å². The summed E-state index contributed by atoms with van der Waals surface area (Å²) in [4.78, 5) is 26.0. The minimum absolute atomic E-state index is 0.0344. The highest BCUT2D eigenvalue weighted by Crippen LogP contribution is 2.37. The SMILES string of the molecule is C[C@@H](CO)[C@@H](OC(=O)[C@H](COCc1ccccc1)NC(=O)OCc1ccccc1)[C@@H](C)CO[Si](C)(C)C(C)(C)C. The Morgan fingerprint density at radius 1 is 0.875 bits per heavy atom. The van der Waals surface area contributed by atoms with Crippen molar-refractivity contribution in [3.8, 4) is 0 Å². The number of rotatable bonds is 15. The summed E-state index contributed by atoms with van der Waals surface area (Å²) >= 11 is 0. The van der Waals surface area contributed by atoms with Crippen LogP contribution in [0.25, 0.3) is 0 Å². The van der Waals surface area contributed by atoms with E-state index >= 15 is 0 Å². The molecule has 0 saturated carbocycles. The second-order valence-corrected chi connectivity index (χ2v) is 16.7. The van der Waals surface area contributed by atoms with E-state index < -0.39 is 32.5 Å². The zero-order valence-corrected chi connectivity index (χ0v) is 26.0. The molecule has 0 unspecified atom stereocenters. The summed E-state index contributed by atoms with van der Waals surface area (Å²) in [6, 6.07) is 17.7. The number of alkyl carbamates (subject to hydrolysis) is 1. The van der Waals surface area contributed by atoms with E-state index in [1.54, 1.807) is 0 Å². The van der Waals surface area contributed by atoms with Gasteiger partial charge in [-0.25, -0.2) is 9.59 Å². The Morgan fingerprint density at radius 2 is 1.43 bits per heavy atom. The molecular weight excluding hydrogens is 526 g/mol. The van der Waals surface area contributed by atoms with Crippen LogP contribution in [0.15, 0.2) is 60.7 Å². The first-order valence-electron chi connectivity index (χ1n) is 13.9. The van der Waals surface area contributed by atoms with Crippen LogP contribution < -0.4 is 5.32 Å². The van der Waals surface area contributed by atoms with Crippen molar-refractivity contribution >= 4 is 20.4 Å². The summed E-state index contributed by atoms with van der Waals surface area (Å²) in [5.74, 6) is -1.18. The predicted octanol–water partition coefficient (Wildman–Crippen LogP) is 5.70. The molecule has 0 spiro atoms. The lowest BCUT2D eigenvalue weighted by Crippen LogP contribution is -2.48. The van der Waals surface area contributed by atoms with Crippen molar-refractivity contribution in [3.05, 3.63) is 71.8 Å². The van der Waals surface area contributed by atoms with Gasteiger partial charge in [0.2, 0.25) is 0 Å². The summed E-state index contributed by atoms with van der Waals surface area (Å²) in [5.41, 5.74) is 1.76. The number of esters is 1. The molecule has 0 radical (unpaired) electrons. The molecule has 0 aliphatic heterocycles. The van der Waals surface area contributed by atoms with Crippen LogP contribution in [0.3, 0.4) is 0 Å². The molecule has 2 aromatic carbocycles. The van der Waals surface area contributed by atoms with Crippen LogP contribution >= 0.6 is 0 Å². The number of carbonyl (C=O) groups is 2. The van der Waals surface area contributed by atoms with Crippen molar-refractivity contribution in [1.82, 2.24) is 5.32 Å². The maximum atomic E-state index is 13.4. The van der Waals surface area contributed by atoms with Crippen molar-refractivity contribution in [3.63, 3.8) is 0 Å². The fourth-order valence-electron chi connectivity index (χ4n) is 3.71. The number of carbonyl (C=O) groups excluding carboxylic acids is 2. The summed E-state index contributed by atoms with van der Waals surface area (Å²) < 4.78 is 23.4. The fraction of sp³-hybridized carbons (Fsp3) is 0.548. The van der Waals surface area contributed by atoms with E-state index in [-0.39, 0.29) is 43.3 Å². The van der Waals surface area contributed by atoms with Crippen LogP contribution in [0.4, 0.5) is 4.79 Å². The maximum absolute atomic E-state index is 13.4. The molecule has 0 heterocycles. The van der Waals surface area contributed by atoms with Crippen molar-refractivity contribution in [2.24, 2.45) is 11.8 Å². The molecule has 0 saturated heterocycles. The van der Waals surface area contributed by atoms with E-state index in [1.807, 2.05) is 74.5 Å². The topological polar surface area (TPSA) is 103 Å². The van der Waals surface area contributed by atoms with Crippen molar-refractivity contribution < 1.29 is 33.3 Å². The van der Waals surface area contributed by atoms with Gasteiger partial charge in [-0.2, -0.15) is 0 Å². The number of nitrogens with one attached hydrogen (secondary N) is 1. The van der Waals surface area contributed by atoms with E-state index in [1.165, 1.54) is 0 Å². The smallest absolute Gasteiger partial charge is 0.408 e. The Morgan fingerprint density at radius 3 is 1.95 bits per heavy atom. The highest BCUT2D eigenvalue weighted by molar-refractivity contribution is 6.74. The molecule has 0 bridgehead atoms. The molecule has 2 aromatic rings.